The minimum Gasteiger partial charge on any atom is -0.479 e. The van der Waals surface area contributed by atoms with E-state index in [0.717, 1.165) is 18.8 Å². The molecule has 674 valence electrons. The first-order chi connectivity index (χ1) is 55.3. The van der Waals surface area contributed by atoms with Gasteiger partial charge in [0.2, 0.25) is 6.29 Å². The normalized spacial score (nSPS) is 54.1. The lowest BCUT2D eigenvalue weighted by Crippen LogP contribution is -2.69. The van der Waals surface area contributed by atoms with Crippen molar-refractivity contribution in [1.29, 1.82) is 0 Å². The number of aliphatic hydroxyl groups is 19. The molecule has 118 heavy (non-hydrogen) atoms. The molecule has 5 aliphatic carbocycles. The van der Waals surface area contributed by atoms with Crippen molar-refractivity contribution < 1.29 is 202 Å². The third-order valence-corrected chi connectivity index (χ3v) is 28.9. The van der Waals surface area contributed by atoms with Gasteiger partial charge in [0.05, 0.1) is 69.0 Å². The van der Waals surface area contributed by atoms with Gasteiger partial charge >= 0.3 is 17.9 Å². The van der Waals surface area contributed by atoms with Crippen molar-refractivity contribution >= 4 is 24.2 Å². The zero-order chi connectivity index (χ0) is 86.2. The molecule has 0 unspecified atom stereocenters. The number of esters is 2. The summed E-state index contributed by atoms with van der Waals surface area (Å²) in [6.45, 7) is 13.7. The van der Waals surface area contributed by atoms with E-state index in [-0.39, 0.29) is 25.2 Å². The van der Waals surface area contributed by atoms with E-state index in [2.05, 4.69) is 26.8 Å². The lowest BCUT2D eigenvalue weighted by atomic mass is 9.33. The van der Waals surface area contributed by atoms with Gasteiger partial charge in [-0.05, 0) is 118 Å². The Labute approximate surface area is 678 Å². The highest BCUT2D eigenvalue weighted by Crippen LogP contribution is 2.76. The Bertz CT molecular complexity index is 3540. The summed E-state index contributed by atoms with van der Waals surface area (Å²) >= 11 is 0. The predicted octanol–water partition coefficient (Wildman–Crippen LogP) is -6.92. The van der Waals surface area contributed by atoms with Crippen LogP contribution >= 0.6 is 0 Å². The molecule has 41 nitrogen and oxygen atoms in total. The molecular weight excluding hydrogens is 1580 g/mol. The number of aliphatic carboxylic acids is 1. The fourth-order valence-corrected chi connectivity index (χ4v) is 21.7. The fraction of sp³-hybridized carbons (Fsp3) is 0.922. The average Bonchev–Trinajstić information content (AvgIpc) is 0.720. The van der Waals surface area contributed by atoms with Crippen LogP contribution in [-0.4, -0.2) is 392 Å². The third kappa shape index (κ3) is 16.0. The standard InChI is InChI=1S/C77H120O41/c1-27-40(85)43(88)47(92)64(105-27)115-57-53(108-30(4)81)29(3)107-67(59(57)117-65-49(94)45(90)52(28(2)106-65)111-63-51(96)54(34(83)23-103-63)112-69-60(97)76(101,25-80)26-104-69)118-70(100)77-18-17-71(5,6)19-32(77)31-11-12-37-72(7)15-14-39(73(8,24-79)36(72)13-16-74(37,9)75(31,10)20-38(77)84)110-68-58(116-66-48(93)44(89)42(87)35(21-78)109-66)55(50(95)56(114-68)61(98)99)113-62-46(91)41(86)33(82)22-102-62/h11,24,27-29,32-60,62-69,78,80,82-97,101H,12-23,25-26H2,1-10H3,(H,98,99)/t27-,28-,29+,32-,33+,34+,35+,36+,37+,38+,39-,40-,41-,42-,43+,44-,45-,46+,47+,48+,49+,50-,51+,52-,53-,54-,55-,56-,57-,58+,59+,60-,62-,63-,64-,65-,66-,67-,68+,69-,72-,73-,74+,75+,76+,77+/m0/s1. The number of hydrogen-bond donors (Lipinski definition) is 20. The molecule has 20 N–H and O–H groups in total. The van der Waals surface area contributed by atoms with Gasteiger partial charge in [-0.15, -0.1) is 0 Å². The molecule has 13 aliphatic rings. The number of ether oxygens (including phenoxy) is 17. The summed E-state index contributed by atoms with van der Waals surface area (Å²) in [7, 11) is 0. The first-order valence-corrected chi connectivity index (χ1v) is 40.6. The van der Waals surface area contributed by atoms with Crippen molar-refractivity contribution in [3.8, 4) is 0 Å². The lowest BCUT2D eigenvalue weighted by molar-refractivity contribution is -0.392. The summed E-state index contributed by atoms with van der Waals surface area (Å²) in [6.07, 6.45) is -62.3. The van der Waals surface area contributed by atoms with Crippen LogP contribution in [-0.2, 0) is 99.7 Å². The molecule has 13 rings (SSSR count). The molecule has 46 atom stereocenters. The molecule has 0 bridgehead atoms. The predicted molar refractivity (Wildman–Crippen MR) is 383 cm³/mol. The second kappa shape index (κ2) is 34.7. The Morgan fingerprint density at radius 3 is 1.69 bits per heavy atom. The fourth-order valence-electron chi connectivity index (χ4n) is 21.7. The Morgan fingerprint density at radius 1 is 0.500 bits per heavy atom. The molecule has 0 spiro atoms. The molecule has 0 aromatic carbocycles. The maximum absolute atomic E-state index is 16.4. The molecule has 8 saturated heterocycles. The van der Waals surface area contributed by atoms with Crippen LogP contribution in [0.4, 0.5) is 0 Å². The van der Waals surface area contributed by atoms with Gasteiger partial charge in [0.15, 0.2) is 62.3 Å². The summed E-state index contributed by atoms with van der Waals surface area (Å²) in [5.41, 5.74) is -7.52. The molecule has 4 saturated carbocycles. The van der Waals surface area contributed by atoms with E-state index in [0.29, 0.717) is 38.5 Å². The molecule has 41 heteroatoms. The monoisotopic (exact) mass is 1700 g/mol. The van der Waals surface area contributed by atoms with Crippen molar-refractivity contribution in [2.75, 3.05) is 33.0 Å². The molecule has 0 aromatic rings. The van der Waals surface area contributed by atoms with Crippen molar-refractivity contribution in [2.45, 2.75) is 360 Å². The summed E-state index contributed by atoms with van der Waals surface area (Å²) < 4.78 is 103. The highest BCUT2D eigenvalue weighted by atomic mass is 16.8. The maximum atomic E-state index is 16.4. The van der Waals surface area contributed by atoms with Crippen LogP contribution in [0.1, 0.15) is 127 Å². The number of rotatable bonds is 21. The topological polar surface area (TPSA) is 630 Å². The highest BCUT2D eigenvalue weighted by Gasteiger charge is 2.74. The van der Waals surface area contributed by atoms with Crippen molar-refractivity contribution in [1.82, 2.24) is 0 Å². The van der Waals surface area contributed by atoms with Gasteiger partial charge in [0, 0.05) is 6.92 Å². The molecule has 8 aliphatic heterocycles. The smallest absolute Gasteiger partial charge is 0.335 e. The van der Waals surface area contributed by atoms with E-state index in [9.17, 15) is 117 Å². The summed E-state index contributed by atoms with van der Waals surface area (Å²) in [5, 5.41) is 222. The van der Waals surface area contributed by atoms with E-state index < -0.39 is 328 Å². The van der Waals surface area contributed by atoms with E-state index in [4.69, 9.17) is 80.5 Å². The SMILES string of the molecule is CC(=O)O[C@@H]1[C@H](O[C@@H]2O[C@@H](C)[C@H](O)[C@@H](O)[C@H]2O)[C@@H](O[C@@H]2O[C@@H](C)[C@H](O[C@@H]3OC[C@@H](O)[C@H](O[C@@H]4OC[C@](O)(CO)[C@H]4O)[C@H]3O)[C@@H](O)[C@H]2O)[C@H](OC(=O)[C@]23CCC(C)(C)C[C@H]2C2=CC[C@@H]4[C@@]5(C)CC[C@H](O[C@@H]6O[C@H](C(=O)O)[C@@H](O)[C@H](O[C@@H]7OC[C@@H](O)[C@H](O)[C@H]7O)[C@H]6O[C@@H]6O[C@H](CO)[C@H](O)[C@H](O)[C@H]6O)[C@@](C)(C=O)[C@@H]5CC[C@@]4(C)[C@]2(C)C[C@H]3O)O[C@@H]1C. The molecule has 0 aromatic heterocycles. The van der Waals surface area contributed by atoms with E-state index in [1.807, 2.05) is 13.8 Å². The molecular formula is C77H120O41. The molecule has 0 amide bonds. The number of fused-ring (bicyclic) bond motifs is 7. The van der Waals surface area contributed by atoms with Gasteiger partial charge in [-0.2, -0.15) is 0 Å². The van der Waals surface area contributed by atoms with Crippen LogP contribution in [0.3, 0.4) is 0 Å². The zero-order valence-corrected chi connectivity index (χ0v) is 67.2. The molecule has 0 radical (unpaired) electrons. The van der Waals surface area contributed by atoms with E-state index >= 15 is 4.79 Å². The van der Waals surface area contributed by atoms with Crippen molar-refractivity contribution in [3.63, 3.8) is 0 Å². The second-order valence-electron chi connectivity index (χ2n) is 36.6. The van der Waals surface area contributed by atoms with Gasteiger partial charge in [-0.25, -0.2) is 4.79 Å². The number of carbonyl (C=O) groups is 4. The Hall–Kier alpha value is -3.54. The van der Waals surface area contributed by atoms with Gasteiger partial charge in [0.25, 0.3) is 0 Å². The zero-order valence-electron chi connectivity index (χ0n) is 67.2. The third-order valence-electron chi connectivity index (χ3n) is 28.9. The summed E-state index contributed by atoms with van der Waals surface area (Å²) in [6, 6.07) is 0. The van der Waals surface area contributed by atoms with Gasteiger partial charge in [-0.1, -0.05) is 53.2 Å². The molecule has 12 fully saturated rings. The summed E-state index contributed by atoms with van der Waals surface area (Å²) in [5.74, 6) is -5.29. The van der Waals surface area contributed by atoms with Gasteiger partial charge < -0.3 is 187 Å². The van der Waals surface area contributed by atoms with Gasteiger partial charge in [-0.3, -0.25) is 9.59 Å². The number of hydrogen-bond acceptors (Lipinski definition) is 40. The van der Waals surface area contributed by atoms with Crippen LogP contribution in [0, 0.1) is 50.2 Å². The number of carboxylic acid groups (broad SMARTS) is 1. The number of aliphatic hydroxyl groups excluding tert-OH is 18. The van der Waals surface area contributed by atoms with Crippen LogP contribution in [0.15, 0.2) is 11.6 Å². The lowest BCUT2D eigenvalue weighted by Gasteiger charge is -2.71. The number of allylic oxidation sites excluding steroid dienone is 2. The largest absolute Gasteiger partial charge is 0.479 e. The number of carboxylic acids is 1. The first-order valence-electron chi connectivity index (χ1n) is 40.6. The minimum atomic E-state index is -2.25. The van der Waals surface area contributed by atoms with Crippen LogP contribution < -0.4 is 0 Å². The molecule has 8 heterocycles. The van der Waals surface area contributed by atoms with E-state index in [1.54, 1.807) is 6.92 Å². The first kappa shape index (κ1) is 92.1. The average molecular weight is 1700 g/mol. The van der Waals surface area contributed by atoms with Crippen LogP contribution in [0.5, 0.6) is 0 Å². The Morgan fingerprint density at radius 2 is 1.06 bits per heavy atom. The van der Waals surface area contributed by atoms with E-state index in [1.165, 1.54) is 20.8 Å². The quantitative estimate of drug-likeness (QED) is 0.0220. The highest BCUT2D eigenvalue weighted by molar-refractivity contribution is 5.80. The second-order valence-corrected chi connectivity index (χ2v) is 36.6. The summed E-state index contributed by atoms with van der Waals surface area (Å²) in [4.78, 5) is 57.0. The minimum absolute atomic E-state index is 0.0347. The van der Waals surface area contributed by atoms with Crippen molar-refractivity contribution in [2.24, 2.45) is 50.2 Å². The Kier molecular flexibility index (Phi) is 27.1. The Balaban J connectivity index is 0.788. The number of aldehydes is 1. The number of carbonyl (C=O) groups excluding carboxylic acids is 3. The van der Waals surface area contributed by atoms with Gasteiger partial charge in [0.1, 0.15) is 145 Å². The van der Waals surface area contributed by atoms with Crippen LogP contribution in [0.25, 0.3) is 0 Å². The van der Waals surface area contributed by atoms with Crippen molar-refractivity contribution in [3.05, 3.63) is 11.6 Å². The van der Waals surface area contributed by atoms with Crippen LogP contribution in [0.2, 0.25) is 0 Å². The maximum Gasteiger partial charge on any atom is 0.335 e.